The van der Waals surface area contributed by atoms with Gasteiger partial charge in [-0.3, -0.25) is 9.48 Å². The Hall–Kier alpha value is -2.40. The van der Waals surface area contributed by atoms with Crippen LogP contribution in [0.15, 0.2) is 30.3 Å². The third-order valence-electron chi connectivity index (χ3n) is 4.49. The highest BCUT2D eigenvalue weighted by Gasteiger charge is 2.12. The molecule has 1 aliphatic heterocycles. The third-order valence-corrected chi connectivity index (χ3v) is 4.49. The Kier molecular flexibility index (Phi) is 4.81. The number of hydrogen-bond donors (Lipinski definition) is 0. The van der Waals surface area contributed by atoms with Crippen molar-refractivity contribution < 1.29 is 9.53 Å². The smallest absolute Gasteiger partial charge is 0.185 e. The zero-order chi connectivity index (χ0) is 17.1. The summed E-state index contributed by atoms with van der Waals surface area (Å²) in [5.41, 5.74) is 4.83. The minimum atomic E-state index is 0.00572. The van der Waals surface area contributed by atoms with E-state index in [0.29, 0.717) is 5.56 Å². The third kappa shape index (κ3) is 3.41. The summed E-state index contributed by atoms with van der Waals surface area (Å²) in [6, 6.07) is 7.79. The van der Waals surface area contributed by atoms with Crippen molar-refractivity contribution in [2.24, 2.45) is 7.05 Å². The van der Waals surface area contributed by atoms with Crippen LogP contribution in [0.5, 0.6) is 0 Å². The van der Waals surface area contributed by atoms with Gasteiger partial charge in [-0.1, -0.05) is 0 Å². The van der Waals surface area contributed by atoms with Crippen molar-refractivity contribution in [3.8, 4) is 0 Å². The van der Waals surface area contributed by atoms with Gasteiger partial charge in [0.25, 0.3) is 0 Å². The summed E-state index contributed by atoms with van der Waals surface area (Å²) in [5, 5.41) is 4.36. The van der Waals surface area contributed by atoms with E-state index < -0.39 is 0 Å². The fourth-order valence-electron chi connectivity index (χ4n) is 2.94. The van der Waals surface area contributed by atoms with Crippen LogP contribution in [0.25, 0.3) is 6.08 Å². The van der Waals surface area contributed by atoms with Gasteiger partial charge in [0.2, 0.25) is 0 Å². The number of carbonyl (C=O) groups excluding carboxylic acids is 1. The largest absolute Gasteiger partial charge is 0.378 e. The first-order valence-corrected chi connectivity index (χ1v) is 8.21. The van der Waals surface area contributed by atoms with E-state index in [0.717, 1.165) is 48.9 Å². The highest BCUT2D eigenvalue weighted by atomic mass is 16.5. The van der Waals surface area contributed by atoms with Gasteiger partial charge in [-0.15, -0.1) is 0 Å². The molecule has 0 aliphatic carbocycles. The lowest BCUT2D eigenvalue weighted by molar-refractivity contribution is 0.104. The second-order valence-corrected chi connectivity index (χ2v) is 6.05. The predicted octanol–water partition coefficient (Wildman–Crippen LogP) is 2.77. The van der Waals surface area contributed by atoms with E-state index in [1.807, 2.05) is 55.9 Å². The van der Waals surface area contributed by atoms with E-state index >= 15 is 0 Å². The van der Waals surface area contributed by atoms with Crippen LogP contribution >= 0.6 is 0 Å². The summed E-state index contributed by atoms with van der Waals surface area (Å²) < 4.78 is 7.20. The van der Waals surface area contributed by atoms with Gasteiger partial charge in [0.1, 0.15) is 0 Å². The summed E-state index contributed by atoms with van der Waals surface area (Å²) in [6.07, 6.45) is 3.48. The van der Waals surface area contributed by atoms with Gasteiger partial charge in [0.15, 0.2) is 5.78 Å². The standard InChI is InChI=1S/C19H23N3O2/c1-14-18(15(2)21(3)20-14)8-9-19(23)16-4-6-17(7-5-16)22-10-12-24-13-11-22/h4-9H,10-13H2,1-3H3/b9-8+. The van der Waals surface area contributed by atoms with Crippen molar-refractivity contribution in [3.05, 3.63) is 52.9 Å². The maximum absolute atomic E-state index is 12.4. The van der Waals surface area contributed by atoms with E-state index in [9.17, 15) is 4.79 Å². The number of ether oxygens (including phenoxy) is 1. The number of hydrogen-bond acceptors (Lipinski definition) is 4. The number of morpholine rings is 1. The molecular weight excluding hydrogens is 302 g/mol. The minimum absolute atomic E-state index is 0.00572. The van der Waals surface area contributed by atoms with Gasteiger partial charge in [0, 0.05) is 42.6 Å². The fourth-order valence-corrected chi connectivity index (χ4v) is 2.94. The molecule has 2 aromatic rings. The van der Waals surface area contributed by atoms with Crippen LogP contribution in [0.3, 0.4) is 0 Å². The lowest BCUT2D eigenvalue weighted by Gasteiger charge is -2.28. The molecule has 1 aliphatic rings. The Morgan fingerprint density at radius 2 is 1.83 bits per heavy atom. The van der Waals surface area contributed by atoms with Crippen molar-refractivity contribution in [2.45, 2.75) is 13.8 Å². The molecule has 0 saturated carbocycles. The Morgan fingerprint density at radius 1 is 1.17 bits per heavy atom. The molecule has 0 amide bonds. The van der Waals surface area contributed by atoms with Gasteiger partial charge in [-0.25, -0.2) is 0 Å². The summed E-state index contributed by atoms with van der Waals surface area (Å²) in [6.45, 7) is 7.26. The molecule has 24 heavy (non-hydrogen) atoms. The lowest BCUT2D eigenvalue weighted by atomic mass is 10.1. The van der Waals surface area contributed by atoms with Crippen LogP contribution in [0.1, 0.15) is 27.3 Å². The molecule has 0 bridgehead atoms. The highest BCUT2D eigenvalue weighted by molar-refractivity contribution is 6.07. The molecule has 0 unspecified atom stereocenters. The number of ketones is 1. The molecular formula is C19H23N3O2. The molecule has 5 heteroatoms. The van der Waals surface area contributed by atoms with E-state index in [-0.39, 0.29) is 5.78 Å². The predicted molar refractivity (Wildman–Crippen MR) is 95.5 cm³/mol. The summed E-state index contributed by atoms with van der Waals surface area (Å²) >= 11 is 0. The number of aryl methyl sites for hydroxylation is 2. The Balaban J connectivity index is 1.72. The van der Waals surface area contributed by atoms with Crippen LogP contribution in [0, 0.1) is 13.8 Å². The number of allylic oxidation sites excluding steroid dienone is 1. The van der Waals surface area contributed by atoms with Gasteiger partial charge >= 0.3 is 0 Å². The molecule has 5 nitrogen and oxygen atoms in total. The fraction of sp³-hybridized carbons (Fsp3) is 0.368. The van der Waals surface area contributed by atoms with Gasteiger partial charge in [0.05, 0.1) is 18.9 Å². The van der Waals surface area contributed by atoms with Crippen LogP contribution in [0.4, 0.5) is 5.69 Å². The topological polar surface area (TPSA) is 47.4 Å². The van der Waals surface area contributed by atoms with Crippen molar-refractivity contribution in [3.63, 3.8) is 0 Å². The first-order valence-electron chi connectivity index (χ1n) is 8.21. The van der Waals surface area contributed by atoms with Crippen LogP contribution in [0.2, 0.25) is 0 Å². The maximum Gasteiger partial charge on any atom is 0.185 e. The molecule has 0 N–H and O–H groups in total. The molecule has 3 rings (SSSR count). The Bertz CT molecular complexity index is 754. The van der Waals surface area contributed by atoms with E-state index in [4.69, 9.17) is 4.74 Å². The summed E-state index contributed by atoms with van der Waals surface area (Å²) in [4.78, 5) is 14.7. The normalized spacial score (nSPS) is 15.2. The molecule has 1 fully saturated rings. The Labute approximate surface area is 142 Å². The first-order chi connectivity index (χ1) is 11.6. The zero-order valence-corrected chi connectivity index (χ0v) is 14.5. The SMILES string of the molecule is Cc1nn(C)c(C)c1/C=C/C(=O)c1ccc(N2CCOCC2)cc1. The van der Waals surface area contributed by atoms with E-state index in [2.05, 4.69) is 10.00 Å². The van der Waals surface area contributed by atoms with Crippen molar-refractivity contribution in [2.75, 3.05) is 31.2 Å². The van der Waals surface area contributed by atoms with Gasteiger partial charge in [-0.05, 0) is 50.3 Å². The number of nitrogens with zero attached hydrogens (tertiary/aromatic N) is 3. The van der Waals surface area contributed by atoms with Crippen LogP contribution in [-0.4, -0.2) is 41.9 Å². The first kappa shape index (κ1) is 16.5. The van der Waals surface area contributed by atoms with Crippen molar-refractivity contribution in [1.29, 1.82) is 0 Å². The molecule has 1 aromatic carbocycles. The molecule has 126 valence electrons. The Morgan fingerprint density at radius 3 is 2.42 bits per heavy atom. The molecule has 1 saturated heterocycles. The number of carbonyl (C=O) groups is 1. The summed E-state index contributed by atoms with van der Waals surface area (Å²) in [7, 11) is 1.91. The highest BCUT2D eigenvalue weighted by Crippen LogP contribution is 2.18. The van der Waals surface area contributed by atoms with Gasteiger partial charge < -0.3 is 9.64 Å². The van der Waals surface area contributed by atoms with Crippen LogP contribution in [-0.2, 0) is 11.8 Å². The molecule has 2 heterocycles. The van der Waals surface area contributed by atoms with Crippen molar-refractivity contribution >= 4 is 17.5 Å². The van der Waals surface area contributed by atoms with Crippen LogP contribution < -0.4 is 4.90 Å². The van der Waals surface area contributed by atoms with Crippen molar-refractivity contribution in [1.82, 2.24) is 9.78 Å². The molecule has 0 radical (unpaired) electrons. The quantitative estimate of drug-likeness (QED) is 0.641. The number of rotatable bonds is 4. The summed E-state index contributed by atoms with van der Waals surface area (Å²) in [5.74, 6) is 0.00572. The zero-order valence-electron chi connectivity index (χ0n) is 14.5. The van der Waals surface area contributed by atoms with E-state index in [1.165, 1.54) is 0 Å². The number of aromatic nitrogens is 2. The van der Waals surface area contributed by atoms with Gasteiger partial charge in [-0.2, -0.15) is 5.10 Å². The number of anilines is 1. The molecule has 1 aromatic heterocycles. The minimum Gasteiger partial charge on any atom is -0.378 e. The second-order valence-electron chi connectivity index (χ2n) is 6.05. The molecule has 0 atom stereocenters. The average Bonchev–Trinajstić information content (AvgIpc) is 2.86. The van der Waals surface area contributed by atoms with E-state index in [1.54, 1.807) is 6.08 Å². The number of benzene rings is 1. The average molecular weight is 325 g/mol. The second kappa shape index (κ2) is 7.01. The molecule has 0 spiro atoms. The monoisotopic (exact) mass is 325 g/mol. The lowest BCUT2D eigenvalue weighted by Crippen LogP contribution is -2.36. The maximum atomic E-state index is 12.4.